The second kappa shape index (κ2) is 7.19. The van der Waals surface area contributed by atoms with E-state index < -0.39 is 11.6 Å². The maximum atomic E-state index is 13.6. The van der Waals surface area contributed by atoms with E-state index >= 15 is 0 Å². The molecule has 0 bridgehead atoms. The predicted molar refractivity (Wildman–Crippen MR) is 79.4 cm³/mol. The molecule has 21 heavy (non-hydrogen) atoms. The molecular formula is C16H13Cl2F3. The first-order valence-corrected chi connectivity index (χ1v) is 7.31. The first-order chi connectivity index (χ1) is 9.99. The fourth-order valence-corrected chi connectivity index (χ4v) is 2.59. The van der Waals surface area contributed by atoms with E-state index in [1.807, 2.05) is 0 Å². The molecule has 0 N–H and O–H groups in total. The molecule has 0 spiro atoms. The summed E-state index contributed by atoms with van der Waals surface area (Å²) in [6, 6.07) is 6.45. The van der Waals surface area contributed by atoms with Gasteiger partial charge in [0.25, 0.3) is 0 Å². The first-order valence-electron chi connectivity index (χ1n) is 6.55. The number of unbranched alkanes of at least 4 members (excludes halogenated alkanes) is 1. The van der Waals surface area contributed by atoms with Gasteiger partial charge in [0.05, 0.1) is 5.02 Å². The zero-order chi connectivity index (χ0) is 15.4. The lowest BCUT2D eigenvalue weighted by molar-refractivity contribution is 0.574. The second-order valence-corrected chi connectivity index (χ2v) is 5.58. The Kier molecular flexibility index (Phi) is 5.54. The van der Waals surface area contributed by atoms with Crippen LogP contribution in [-0.4, -0.2) is 0 Å². The smallest absolute Gasteiger partial charge is 0.142 e. The van der Waals surface area contributed by atoms with Crippen LogP contribution >= 0.6 is 23.2 Å². The van der Waals surface area contributed by atoms with Gasteiger partial charge in [0.1, 0.15) is 17.5 Å². The van der Waals surface area contributed by atoms with Crippen molar-refractivity contribution in [3.63, 3.8) is 0 Å². The Hall–Kier alpha value is -1.19. The third kappa shape index (κ3) is 4.14. The van der Waals surface area contributed by atoms with E-state index in [0.29, 0.717) is 36.3 Å². The van der Waals surface area contributed by atoms with Gasteiger partial charge in [-0.2, -0.15) is 0 Å². The maximum absolute atomic E-state index is 13.6. The SMILES string of the molecule is Fc1ccc(Cl)cc1CCCCc1c(F)ccc(F)c1Cl. The van der Waals surface area contributed by atoms with E-state index in [-0.39, 0.29) is 16.4 Å². The lowest BCUT2D eigenvalue weighted by atomic mass is 10.0. The Balaban J connectivity index is 1.94. The van der Waals surface area contributed by atoms with Gasteiger partial charge in [0.15, 0.2) is 0 Å². The van der Waals surface area contributed by atoms with Crippen molar-refractivity contribution in [3.05, 3.63) is 69.0 Å². The van der Waals surface area contributed by atoms with Crippen LogP contribution in [0.3, 0.4) is 0 Å². The first kappa shape index (κ1) is 16.2. The van der Waals surface area contributed by atoms with Crippen LogP contribution in [-0.2, 0) is 12.8 Å². The lowest BCUT2D eigenvalue weighted by Gasteiger charge is -2.07. The Morgan fingerprint density at radius 1 is 0.762 bits per heavy atom. The van der Waals surface area contributed by atoms with Crippen LogP contribution in [0, 0.1) is 17.5 Å². The molecule has 0 aromatic heterocycles. The molecule has 112 valence electrons. The lowest BCUT2D eigenvalue weighted by Crippen LogP contribution is -1.97. The summed E-state index contributed by atoms with van der Waals surface area (Å²) in [6.07, 6.45) is 2.00. The van der Waals surface area contributed by atoms with Gasteiger partial charge in [-0.3, -0.25) is 0 Å². The fourth-order valence-electron chi connectivity index (χ4n) is 2.15. The third-order valence-corrected chi connectivity index (χ3v) is 3.91. The van der Waals surface area contributed by atoms with Crippen LogP contribution in [0.15, 0.2) is 30.3 Å². The fraction of sp³-hybridized carbons (Fsp3) is 0.250. The van der Waals surface area contributed by atoms with Gasteiger partial charge in [0, 0.05) is 10.6 Å². The zero-order valence-electron chi connectivity index (χ0n) is 11.1. The van der Waals surface area contributed by atoms with Gasteiger partial charge < -0.3 is 0 Å². The highest BCUT2D eigenvalue weighted by Gasteiger charge is 2.11. The molecule has 2 rings (SSSR count). The molecule has 0 saturated carbocycles. The van der Waals surface area contributed by atoms with Gasteiger partial charge in [-0.15, -0.1) is 0 Å². The van der Waals surface area contributed by atoms with Crippen LogP contribution < -0.4 is 0 Å². The van der Waals surface area contributed by atoms with Crippen molar-refractivity contribution in [2.45, 2.75) is 25.7 Å². The summed E-state index contributed by atoms with van der Waals surface area (Å²) < 4.78 is 40.3. The number of rotatable bonds is 5. The van der Waals surface area contributed by atoms with E-state index in [0.717, 1.165) is 12.1 Å². The predicted octanol–water partition coefficient (Wildman–Crippen LogP) is 5.98. The molecule has 0 saturated heterocycles. The standard InChI is InChI=1S/C16H13Cl2F3/c17-11-5-6-13(19)10(9-11)3-1-2-4-12-14(20)7-8-15(21)16(12)18/h5-9H,1-4H2. The van der Waals surface area contributed by atoms with Crippen LogP contribution in [0.4, 0.5) is 13.2 Å². The molecule has 0 nitrogen and oxygen atoms in total. The average Bonchev–Trinajstić information content (AvgIpc) is 2.46. The minimum absolute atomic E-state index is 0.170. The zero-order valence-corrected chi connectivity index (χ0v) is 12.6. The third-order valence-electron chi connectivity index (χ3n) is 3.27. The van der Waals surface area contributed by atoms with Crippen molar-refractivity contribution in [3.8, 4) is 0 Å². The van der Waals surface area contributed by atoms with Crippen molar-refractivity contribution in [1.29, 1.82) is 0 Å². The molecule has 2 aromatic carbocycles. The van der Waals surface area contributed by atoms with Gasteiger partial charge >= 0.3 is 0 Å². The van der Waals surface area contributed by atoms with Crippen molar-refractivity contribution in [1.82, 2.24) is 0 Å². The summed E-state index contributed by atoms with van der Waals surface area (Å²) in [5, 5.41) is 0.301. The summed E-state index contributed by atoms with van der Waals surface area (Å²) in [5.74, 6) is -1.46. The van der Waals surface area contributed by atoms with Crippen LogP contribution in [0.2, 0.25) is 10.0 Å². The second-order valence-electron chi connectivity index (χ2n) is 4.76. The van der Waals surface area contributed by atoms with E-state index in [1.165, 1.54) is 12.1 Å². The van der Waals surface area contributed by atoms with Gasteiger partial charge in [-0.05, 0) is 61.6 Å². The highest BCUT2D eigenvalue weighted by molar-refractivity contribution is 6.31. The van der Waals surface area contributed by atoms with Crippen LogP contribution in [0.25, 0.3) is 0 Å². The molecule has 0 radical (unpaired) electrons. The average molecular weight is 333 g/mol. The summed E-state index contributed by atoms with van der Waals surface area (Å²) in [6.45, 7) is 0. The summed E-state index contributed by atoms with van der Waals surface area (Å²) >= 11 is 11.6. The van der Waals surface area contributed by atoms with E-state index in [9.17, 15) is 13.2 Å². The molecule has 0 atom stereocenters. The molecule has 0 fully saturated rings. The Morgan fingerprint density at radius 3 is 2.14 bits per heavy atom. The highest BCUT2D eigenvalue weighted by Crippen LogP contribution is 2.25. The number of benzene rings is 2. The summed E-state index contributed by atoms with van der Waals surface area (Å²) in [7, 11) is 0. The molecule has 2 aromatic rings. The molecule has 0 aliphatic heterocycles. The van der Waals surface area contributed by atoms with Crippen molar-refractivity contribution >= 4 is 23.2 Å². The normalized spacial score (nSPS) is 10.9. The van der Waals surface area contributed by atoms with E-state index in [1.54, 1.807) is 6.07 Å². The maximum Gasteiger partial charge on any atom is 0.142 e. The van der Waals surface area contributed by atoms with E-state index in [4.69, 9.17) is 23.2 Å². The van der Waals surface area contributed by atoms with Gasteiger partial charge in [-0.25, -0.2) is 13.2 Å². The largest absolute Gasteiger partial charge is 0.207 e. The molecule has 0 aliphatic rings. The topological polar surface area (TPSA) is 0 Å². The number of hydrogen-bond donors (Lipinski definition) is 0. The molecule has 0 heterocycles. The van der Waals surface area contributed by atoms with Crippen molar-refractivity contribution < 1.29 is 13.2 Å². The Labute approximate surface area is 131 Å². The monoisotopic (exact) mass is 332 g/mol. The Bertz CT molecular complexity index is 642. The number of hydrogen-bond acceptors (Lipinski definition) is 0. The molecular weight excluding hydrogens is 320 g/mol. The van der Waals surface area contributed by atoms with E-state index in [2.05, 4.69) is 0 Å². The van der Waals surface area contributed by atoms with Gasteiger partial charge in [0.2, 0.25) is 0 Å². The summed E-state index contributed by atoms with van der Waals surface area (Å²) in [5.41, 5.74) is 0.691. The minimum Gasteiger partial charge on any atom is -0.207 e. The molecule has 5 heteroatoms. The molecule has 0 aliphatic carbocycles. The number of aryl methyl sites for hydroxylation is 1. The quantitative estimate of drug-likeness (QED) is 0.467. The van der Waals surface area contributed by atoms with Gasteiger partial charge in [-0.1, -0.05) is 23.2 Å². The van der Waals surface area contributed by atoms with Crippen LogP contribution in [0.5, 0.6) is 0 Å². The summed E-state index contributed by atoms with van der Waals surface area (Å²) in [4.78, 5) is 0. The van der Waals surface area contributed by atoms with Crippen molar-refractivity contribution in [2.24, 2.45) is 0 Å². The number of halogens is 5. The Morgan fingerprint density at radius 2 is 1.38 bits per heavy atom. The molecule has 0 unspecified atom stereocenters. The molecule has 0 amide bonds. The highest BCUT2D eigenvalue weighted by atomic mass is 35.5. The van der Waals surface area contributed by atoms with Crippen molar-refractivity contribution in [2.75, 3.05) is 0 Å². The van der Waals surface area contributed by atoms with Crippen LogP contribution in [0.1, 0.15) is 24.0 Å². The minimum atomic E-state index is -0.631.